The Morgan fingerprint density at radius 3 is 2.08 bits per heavy atom. The number of Topliss-reactive ketones (excluding diaryl/α,β-unsaturated/α-hetero) is 1. The van der Waals surface area contributed by atoms with E-state index in [-0.39, 0.29) is 18.2 Å². The lowest BCUT2D eigenvalue weighted by Gasteiger charge is -2.25. The first-order valence-corrected chi connectivity index (χ1v) is 11.9. The van der Waals surface area contributed by atoms with Crippen molar-refractivity contribution in [3.05, 3.63) is 77.9 Å². The fourth-order valence-electron chi connectivity index (χ4n) is 4.14. The van der Waals surface area contributed by atoms with E-state index in [0.29, 0.717) is 0 Å². The Morgan fingerprint density at radius 1 is 0.917 bits per heavy atom. The van der Waals surface area contributed by atoms with Crippen LogP contribution in [0.4, 0.5) is 0 Å². The van der Waals surface area contributed by atoms with Crippen LogP contribution in [0.5, 0.6) is 0 Å². The van der Waals surface area contributed by atoms with Gasteiger partial charge in [-0.05, 0) is 23.1 Å². The van der Waals surface area contributed by atoms with Gasteiger partial charge in [0.25, 0.3) is 0 Å². The first-order chi connectivity index (χ1) is 17.2. The van der Waals surface area contributed by atoms with Crippen molar-refractivity contribution in [2.24, 2.45) is 17.8 Å². The Morgan fingerprint density at radius 2 is 1.53 bits per heavy atom. The summed E-state index contributed by atoms with van der Waals surface area (Å²) in [6.45, 7) is 5.03. The Kier molecular flexibility index (Phi) is 8.89. The molecule has 188 valence electrons. The molecule has 1 saturated heterocycles. The van der Waals surface area contributed by atoms with E-state index >= 15 is 0 Å². The van der Waals surface area contributed by atoms with E-state index in [4.69, 9.17) is 0 Å². The van der Waals surface area contributed by atoms with Crippen LogP contribution in [0.3, 0.4) is 0 Å². The molecule has 4 atom stereocenters. The zero-order chi connectivity index (χ0) is 26.2. The van der Waals surface area contributed by atoms with Crippen molar-refractivity contribution in [3.8, 4) is 0 Å². The molecule has 0 bridgehead atoms. The normalized spacial score (nSPS) is 19.1. The molecule has 1 aliphatic rings. The maximum Gasteiger partial charge on any atom is 0.244 e. The van der Waals surface area contributed by atoms with Crippen LogP contribution in [0.2, 0.25) is 0 Å². The number of imide groups is 1. The van der Waals surface area contributed by atoms with E-state index < -0.39 is 47.4 Å². The van der Waals surface area contributed by atoms with Crippen molar-refractivity contribution in [2.45, 2.75) is 39.3 Å². The molecule has 3 rings (SSSR count). The predicted octanol–water partition coefficient (Wildman–Crippen LogP) is 2.57. The SMILES string of the molecule is CC(C)[C@H](NC(=O)C[C@H](NC(=O)/C=C/c1ccccc1)c1ccccc1)C(=O)[C@@H]1C(=O)NC(=O)[C@H]1C. The van der Waals surface area contributed by atoms with Crippen molar-refractivity contribution in [2.75, 3.05) is 0 Å². The molecule has 0 radical (unpaired) electrons. The van der Waals surface area contributed by atoms with Gasteiger partial charge in [0.15, 0.2) is 5.78 Å². The van der Waals surface area contributed by atoms with Gasteiger partial charge < -0.3 is 10.6 Å². The van der Waals surface area contributed by atoms with E-state index in [9.17, 15) is 24.0 Å². The van der Waals surface area contributed by atoms with Gasteiger partial charge in [0.05, 0.1) is 24.4 Å². The smallest absolute Gasteiger partial charge is 0.244 e. The molecule has 0 spiro atoms. The molecule has 0 unspecified atom stereocenters. The molecule has 2 aromatic carbocycles. The number of rotatable bonds is 10. The molecule has 0 aliphatic carbocycles. The predicted molar refractivity (Wildman–Crippen MR) is 135 cm³/mol. The largest absolute Gasteiger partial charge is 0.346 e. The first kappa shape index (κ1) is 26.5. The molecule has 3 N–H and O–H groups in total. The molecule has 0 aromatic heterocycles. The molecule has 1 heterocycles. The fraction of sp³-hybridized carbons (Fsp3) is 0.321. The molecular weight excluding hydrogens is 458 g/mol. The van der Waals surface area contributed by atoms with E-state index in [1.165, 1.54) is 13.0 Å². The van der Waals surface area contributed by atoms with Crippen molar-refractivity contribution < 1.29 is 24.0 Å². The summed E-state index contributed by atoms with van der Waals surface area (Å²) in [6.07, 6.45) is 2.97. The van der Waals surface area contributed by atoms with Crippen molar-refractivity contribution in [1.29, 1.82) is 0 Å². The van der Waals surface area contributed by atoms with Gasteiger partial charge in [-0.2, -0.15) is 0 Å². The fourth-order valence-corrected chi connectivity index (χ4v) is 4.14. The van der Waals surface area contributed by atoms with Gasteiger partial charge in [-0.15, -0.1) is 0 Å². The molecule has 36 heavy (non-hydrogen) atoms. The zero-order valence-electron chi connectivity index (χ0n) is 20.6. The second-order valence-electron chi connectivity index (χ2n) is 9.23. The van der Waals surface area contributed by atoms with Gasteiger partial charge in [0.2, 0.25) is 23.6 Å². The second kappa shape index (κ2) is 12.1. The average Bonchev–Trinajstić information content (AvgIpc) is 3.12. The number of amides is 4. The average molecular weight is 490 g/mol. The third-order valence-electron chi connectivity index (χ3n) is 6.17. The summed E-state index contributed by atoms with van der Waals surface area (Å²) in [4.78, 5) is 62.8. The van der Waals surface area contributed by atoms with E-state index in [0.717, 1.165) is 11.1 Å². The van der Waals surface area contributed by atoms with E-state index in [1.807, 2.05) is 48.5 Å². The molecule has 8 heteroatoms. The highest BCUT2D eigenvalue weighted by Crippen LogP contribution is 2.24. The molecule has 1 fully saturated rings. The second-order valence-corrected chi connectivity index (χ2v) is 9.23. The van der Waals surface area contributed by atoms with Crippen LogP contribution in [-0.2, 0) is 24.0 Å². The number of carbonyl (C=O) groups excluding carboxylic acids is 5. The van der Waals surface area contributed by atoms with Crippen LogP contribution in [0, 0.1) is 17.8 Å². The summed E-state index contributed by atoms with van der Waals surface area (Å²) in [5, 5.41) is 7.77. The van der Waals surface area contributed by atoms with Gasteiger partial charge in [-0.25, -0.2) is 0 Å². The minimum absolute atomic E-state index is 0.114. The van der Waals surface area contributed by atoms with Crippen LogP contribution in [0.25, 0.3) is 6.08 Å². The van der Waals surface area contributed by atoms with Crippen LogP contribution < -0.4 is 16.0 Å². The summed E-state index contributed by atoms with van der Waals surface area (Å²) in [7, 11) is 0. The highest BCUT2D eigenvalue weighted by Gasteiger charge is 2.46. The standard InChI is InChI=1S/C28H31N3O5/c1-17(2)25(26(34)24-18(3)27(35)31-28(24)36)30-23(33)16-21(20-12-8-5-9-13-20)29-22(32)15-14-19-10-6-4-7-11-19/h4-15,17-18,21,24-25H,16H2,1-3H3,(H,29,32)(H,30,33)(H,31,35,36)/b15-14+/t18-,21-,24+,25-/m0/s1. The maximum absolute atomic E-state index is 13.1. The number of benzene rings is 2. The highest BCUT2D eigenvalue weighted by atomic mass is 16.2. The number of nitrogens with one attached hydrogen (secondary N) is 3. The summed E-state index contributed by atoms with van der Waals surface area (Å²) >= 11 is 0. The number of hydrogen-bond donors (Lipinski definition) is 3. The molecular formula is C28H31N3O5. The Hall–Kier alpha value is -4.07. The number of carbonyl (C=O) groups is 5. The lowest BCUT2D eigenvalue weighted by molar-refractivity contribution is -0.137. The summed E-state index contributed by atoms with van der Waals surface area (Å²) < 4.78 is 0. The highest BCUT2D eigenvalue weighted by molar-refractivity contribution is 6.16. The lowest BCUT2D eigenvalue weighted by atomic mass is 9.85. The van der Waals surface area contributed by atoms with Gasteiger partial charge in [0, 0.05) is 6.08 Å². The maximum atomic E-state index is 13.1. The zero-order valence-corrected chi connectivity index (χ0v) is 20.6. The van der Waals surface area contributed by atoms with Crippen LogP contribution in [-0.4, -0.2) is 35.5 Å². The Balaban J connectivity index is 1.72. The van der Waals surface area contributed by atoms with E-state index in [2.05, 4.69) is 16.0 Å². The Bertz CT molecular complexity index is 1140. The van der Waals surface area contributed by atoms with Crippen LogP contribution in [0.15, 0.2) is 66.7 Å². The molecule has 4 amide bonds. The van der Waals surface area contributed by atoms with E-state index in [1.54, 1.807) is 32.1 Å². The van der Waals surface area contributed by atoms with Gasteiger partial charge >= 0.3 is 0 Å². The van der Waals surface area contributed by atoms with Gasteiger partial charge in [0.1, 0.15) is 5.92 Å². The third kappa shape index (κ3) is 6.75. The van der Waals surface area contributed by atoms with Crippen LogP contribution >= 0.6 is 0 Å². The summed E-state index contributed by atoms with van der Waals surface area (Å²) in [5.41, 5.74) is 1.60. The first-order valence-electron chi connectivity index (χ1n) is 11.9. The number of ketones is 1. The topological polar surface area (TPSA) is 121 Å². The minimum atomic E-state index is -1.14. The van der Waals surface area contributed by atoms with Gasteiger partial charge in [-0.1, -0.05) is 81.4 Å². The quantitative estimate of drug-likeness (QED) is 0.269. The van der Waals surface area contributed by atoms with Crippen LogP contribution in [0.1, 0.15) is 44.4 Å². The monoisotopic (exact) mass is 489 g/mol. The summed E-state index contributed by atoms with van der Waals surface area (Å²) in [6, 6.07) is 16.8. The molecule has 1 aliphatic heterocycles. The number of hydrogen-bond acceptors (Lipinski definition) is 5. The Labute approximate surface area is 210 Å². The lowest BCUT2D eigenvalue weighted by Crippen LogP contribution is -2.49. The third-order valence-corrected chi connectivity index (χ3v) is 6.17. The minimum Gasteiger partial charge on any atom is -0.346 e. The molecule has 2 aromatic rings. The molecule has 0 saturated carbocycles. The van der Waals surface area contributed by atoms with Crippen molar-refractivity contribution in [1.82, 2.24) is 16.0 Å². The van der Waals surface area contributed by atoms with Gasteiger partial charge in [-0.3, -0.25) is 29.3 Å². The van der Waals surface area contributed by atoms with Crippen molar-refractivity contribution >= 4 is 35.5 Å². The summed E-state index contributed by atoms with van der Waals surface area (Å²) in [5.74, 6) is -4.71. The van der Waals surface area contributed by atoms with Crippen molar-refractivity contribution in [3.63, 3.8) is 0 Å². The molecule has 8 nitrogen and oxygen atoms in total.